The molecule has 0 amide bonds. The van der Waals surface area contributed by atoms with Crippen molar-refractivity contribution in [3.8, 4) is 33.4 Å². The Morgan fingerprint density at radius 1 is 0.250 bits per heavy atom. The van der Waals surface area contributed by atoms with Crippen LogP contribution in [0.3, 0.4) is 0 Å². The van der Waals surface area contributed by atoms with Crippen LogP contribution in [0.4, 0.5) is 34.1 Å². The Bertz CT molecular complexity index is 3900. The molecule has 2 heteroatoms. The molecule has 14 rings (SSSR count). The van der Waals surface area contributed by atoms with Crippen LogP contribution < -0.4 is 9.80 Å². The predicted molar refractivity (Wildman–Crippen MR) is 288 cm³/mol. The van der Waals surface area contributed by atoms with Gasteiger partial charge in [0.1, 0.15) is 0 Å². The molecule has 0 fully saturated rings. The fraction of sp³-hybridized carbons (Fsp3) is 0.0303. The maximum atomic E-state index is 2.48. The lowest BCUT2D eigenvalue weighted by Gasteiger charge is -2.34. The minimum Gasteiger partial charge on any atom is -0.310 e. The van der Waals surface area contributed by atoms with Gasteiger partial charge in [0.25, 0.3) is 0 Å². The first-order chi connectivity index (χ1) is 33.7. The lowest BCUT2D eigenvalue weighted by atomic mass is 9.83. The second-order valence-corrected chi connectivity index (χ2v) is 18.4. The summed E-state index contributed by atoms with van der Waals surface area (Å²) < 4.78 is 0. The first kappa shape index (κ1) is 38.5. The van der Waals surface area contributed by atoms with E-state index in [-0.39, 0.29) is 0 Å². The zero-order valence-electron chi connectivity index (χ0n) is 37.4. The smallest absolute Gasteiger partial charge is 0.0497 e. The second-order valence-electron chi connectivity index (χ2n) is 18.4. The van der Waals surface area contributed by atoms with Crippen LogP contribution in [-0.4, -0.2) is 0 Å². The van der Waals surface area contributed by atoms with Crippen LogP contribution in [0, 0.1) is 0 Å². The van der Waals surface area contributed by atoms with Crippen molar-refractivity contribution < 1.29 is 0 Å². The molecule has 2 aliphatic heterocycles. The molecule has 68 heavy (non-hydrogen) atoms. The van der Waals surface area contributed by atoms with E-state index in [1.807, 2.05) is 0 Å². The van der Waals surface area contributed by atoms with Gasteiger partial charge in [-0.25, -0.2) is 0 Å². The van der Waals surface area contributed by atoms with Crippen molar-refractivity contribution in [2.45, 2.75) is 12.8 Å². The quantitative estimate of drug-likeness (QED) is 0.159. The summed E-state index contributed by atoms with van der Waals surface area (Å²) in [6, 6.07) is 90.5. The van der Waals surface area contributed by atoms with Crippen LogP contribution in [0.2, 0.25) is 0 Å². The molecule has 2 nitrogen and oxygen atoms in total. The fourth-order valence-electron chi connectivity index (χ4n) is 11.5. The van der Waals surface area contributed by atoms with Gasteiger partial charge in [-0.3, -0.25) is 0 Å². The summed E-state index contributed by atoms with van der Waals surface area (Å²) in [4.78, 5) is 4.97. The summed E-state index contributed by atoms with van der Waals surface area (Å²) >= 11 is 0. The Labute approximate surface area is 396 Å². The standard InChI is InChI=1S/C66H44N2/c1-2-16-47-38-48(33-30-43(47)14-1)44-28-31-46(32-29-44)65-57-36-34-54(68-63-26-11-6-19-51(63)40-52-20-7-12-27-64(52)68)42-60(57)66(56-23-13-21-45-15-3-8-22-55(45)56)58-37-35-53(41-59(58)65)67-61-24-9-4-17-49(61)39-50-18-5-10-25-62(50)67/h1-38,41-42H,39-40H2. The number of benzene rings is 12. The first-order valence-electron chi connectivity index (χ1n) is 23.7. The predicted octanol–water partition coefficient (Wildman–Crippen LogP) is 18.0. The number of rotatable bonds is 5. The van der Waals surface area contributed by atoms with Crippen molar-refractivity contribution in [2.75, 3.05) is 9.80 Å². The van der Waals surface area contributed by atoms with Crippen molar-refractivity contribution >= 4 is 77.2 Å². The van der Waals surface area contributed by atoms with Crippen molar-refractivity contribution in [2.24, 2.45) is 0 Å². The molecule has 12 aromatic rings. The minimum absolute atomic E-state index is 0.912. The van der Waals surface area contributed by atoms with Crippen molar-refractivity contribution in [3.05, 3.63) is 265 Å². The summed E-state index contributed by atoms with van der Waals surface area (Å²) in [5.74, 6) is 0. The minimum atomic E-state index is 0.912. The average Bonchev–Trinajstić information content (AvgIpc) is 3.40. The van der Waals surface area contributed by atoms with Gasteiger partial charge in [0.15, 0.2) is 0 Å². The Balaban J connectivity index is 1.07. The van der Waals surface area contributed by atoms with Crippen LogP contribution in [0.1, 0.15) is 22.3 Å². The number of nitrogens with zero attached hydrogens (tertiary/aromatic N) is 2. The number of hydrogen-bond acceptors (Lipinski definition) is 2. The van der Waals surface area contributed by atoms with Crippen LogP contribution in [0.25, 0.3) is 76.5 Å². The van der Waals surface area contributed by atoms with Crippen LogP contribution in [0.15, 0.2) is 243 Å². The lowest BCUT2D eigenvalue weighted by Crippen LogP contribution is -2.18. The van der Waals surface area contributed by atoms with E-state index in [1.54, 1.807) is 0 Å². The zero-order chi connectivity index (χ0) is 44.7. The molecule has 0 aromatic heterocycles. The highest BCUT2D eigenvalue weighted by atomic mass is 15.2. The SMILES string of the molecule is c1ccc2c(c1)Cc1ccccc1N2c1ccc2c(-c3cccc4ccccc34)c3cc(N4c5ccccc5Cc5ccccc54)ccc3c(-c3ccc(-c4ccc5ccccc5c4)cc3)c2c1. The molecule has 2 aliphatic rings. The lowest BCUT2D eigenvalue weighted by molar-refractivity contribution is 1.09. The zero-order valence-corrected chi connectivity index (χ0v) is 37.4. The molecule has 318 valence electrons. The molecule has 0 bridgehead atoms. The fourth-order valence-corrected chi connectivity index (χ4v) is 11.5. The number of anilines is 6. The molecule has 0 spiro atoms. The number of fused-ring (bicyclic) bond motifs is 8. The molecule has 0 atom stereocenters. The van der Waals surface area contributed by atoms with E-state index >= 15 is 0 Å². The third kappa shape index (κ3) is 6.11. The molecule has 12 aromatic carbocycles. The molecular formula is C66H44N2. The van der Waals surface area contributed by atoms with E-state index < -0.39 is 0 Å². The molecule has 0 saturated carbocycles. The van der Waals surface area contributed by atoms with Gasteiger partial charge in [0.05, 0.1) is 0 Å². The molecule has 0 aliphatic carbocycles. The van der Waals surface area contributed by atoms with E-state index in [4.69, 9.17) is 0 Å². The van der Waals surface area contributed by atoms with Crippen LogP contribution >= 0.6 is 0 Å². The molecule has 0 unspecified atom stereocenters. The second kappa shape index (κ2) is 15.4. The molecule has 0 radical (unpaired) electrons. The van der Waals surface area contributed by atoms with Gasteiger partial charge in [0, 0.05) is 47.0 Å². The van der Waals surface area contributed by atoms with Crippen molar-refractivity contribution in [1.82, 2.24) is 0 Å². The van der Waals surface area contributed by atoms with E-state index in [1.165, 1.54) is 121 Å². The molecular weight excluding hydrogens is 821 g/mol. The molecule has 2 heterocycles. The van der Waals surface area contributed by atoms with Crippen molar-refractivity contribution in [3.63, 3.8) is 0 Å². The Morgan fingerprint density at radius 2 is 0.691 bits per heavy atom. The topological polar surface area (TPSA) is 6.48 Å². The maximum Gasteiger partial charge on any atom is 0.0497 e. The third-order valence-electron chi connectivity index (χ3n) is 14.6. The van der Waals surface area contributed by atoms with Gasteiger partial charge >= 0.3 is 0 Å². The summed E-state index contributed by atoms with van der Waals surface area (Å²) in [5.41, 5.74) is 19.9. The Kier molecular flexibility index (Phi) is 8.75. The number of para-hydroxylation sites is 4. The largest absolute Gasteiger partial charge is 0.310 e. The van der Waals surface area contributed by atoms with Gasteiger partial charge in [-0.2, -0.15) is 0 Å². The van der Waals surface area contributed by atoms with Gasteiger partial charge < -0.3 is 9.80 Å². The van der Waals surface area contributed by atoms with Gasteiger partial charge in [-0.1, -0.05) is 188 Å². The molecule has 0 saturated heterocycles. The van der Waals surface area contributed by atoms with E-state index in [0.717, 1.165) is 24.2 Å². The summed E-state index contributed by atoms with van der Waals surface area (Å²) in [6.45, 7) is 0. The maximum absolute atomic E-state index is 2.48. The third-order valence-corrected chi connectivity index (χ3v) is 14.6. The van der Waals surface area contributed by atoms with Crippen LogP contribution in [0.5, 0.6) is 0 Å². The highest BCUT2D eigenvalue weighted by Gasteiger charge is 2.28. The van der Waals surface area contributed by atoms with Crippen LogP contribution in [-0.2, 0) is 12.8 Å². The Hall–Kier alpha value is -8.72. The first-order valence-corrected chi connectivity index (χ1v) is 23.7. The normalized spacial score (nSPS) is 12.8. The van der Waals surface area contributed by atoms with Gasteiger partial charge in [0.2, 0.25) is 0 Å². The summed E-state index contributed by atoms with van der Waals surface area (Å²) in [7, 11) is 0. The van der Waals surface area contributed by atoms with E-state index in [0.29, 0.717) is 0 Å². The van der Waals surface area contributed by atoms with E-state index in [9.17, 15) is 0 Å². The van der Waals surface area contributed by atoms with Crippen molar-refractivity contribution in [1.29, 1.82) is 0 Å². The van der Waals surface area contributed by atoms with Gasteiger partial charge in [-0.05, 0) is 153 Å². The summed E-state index contributed by atoms with van der Waals surface area (Å²) in [5, 5.41) is 9.86. The average molecular weight is 865 g/mol. The van der Waals surface area contributed by atoms with Gasteiger partial charge in [-0.15, -0.1) is 0 Å². The molecule has 0 N–H and O–H groups in total. The Morgan fingerprint density at radius 3 is 1.28 bits per heavy atom. The highest BCUT2D eigenvalue weighted by molar-refractivity contribution is 6.24. The monoisotopic (exact) mass is 864 g/mol. The highest BCUT2D eigenvalue weighted by Crippen LogP contribution is 2.52. The van der Waals surface area contributed by atoms with E-state index in [2.05, 4.69) is 252 Å². The number of hydrogen-bond donors (Lipinski definition) is 0. The summed E-state index contributed by atoms with van der Waals surface area (Å²) in [6.07, 6.45) is 1.82.